The molecule has 0 unspecified atom stereocenters. The number of methoxy groups -OCH3 is 1. The highest BCUT2D eigenvalue weighted by Crippen LogP contribution is 2.26. The molecule has 0 saturated carbocycles. The number of nitrogens with two attached hydrogens (primary N) is 1. The van der Waals surface area contributed by atoms with Gasteiger partial charge >= 0.3 is 0 Å². The van der Waals surface area contributed by atoms with Crippen LogP contribution >= 0.6 is 31.9 Å². The zero-order chi connectivity index (χ0) is 13.1. The highest BCUT2D eigenvalue weighted by atomic mass is 79.9. The van der Waals surface area contributed by atoms with E-state index in [9.17, 15) is 0 Å². The number of ether oxygens (including phenoxy) is 1. The van der Waals surface area contributed by atoms with E-state index in [2.05, 4.69) is 46.8 Å². The highest BCUT2D eigenvalue weighted by molar-refractivity contribution is 9.11. The van der Waals surface area contributed by atoms with Gasteiger partial charge in [0.15, 0.2) is 5.82 Å². The third-order valence-electron chi connectivity index (χ3n) is 2.11. The second-order valence-electron chi connectivity index (χ2n) is 3.52. The molecule has 5 nitrogen and oxygen atoms in total. The number of nitrogen functional groups attached to an aromatic ring is 1. The summed E-state index contributed by atoms with van der Waals surface area (Å²) in [6.45, 7) is 0.383. The molecule has 0 aromatic carbocycles. The van der Waals surface area contributed by atoms with E-state index in [1.807, 2.05) is 6.07 Å². The molecule has 2 aromatic rings. The van der Waals surface area contributed by atoms with Crippen LogP contribution in [0.15, 0.2) is 27.3 Å². The van der Waals surface area contributed by atoms with Gasteiger partial charge in [-0.3, -0.25) is 4.98 Å². The van der Waals surface area contributed by atoms with Crippen LogP contribution in [-0.2, 0) is 11.3 Å². The van der Waals surface area contributed by atoms with E-state index in [1.54, 1.807) is 19.4 Å². The summed E-state index contributed by atoms with van der Waals surface area (Å²) < 4.78 is 6.71. The van der Waals surface area contributed by atoms with Crippen molar-refractivity contribution in [1.82, 2.24) is 15.0 Å². The summed E-state index contributed by atoms with van der Waals surface area (Å²) in [7, 11) is 1.60. The minimum absolute atomic E-state index is 0.383. The summed E-state index contributed by atoms with van der Waals surface area (Å²) in [4.78, 5) is 12.8. The quantitative estimate of drug-likeness (QED) is 0.895. The van der Waals surface area contributed by atoms with Crippen molar-refractivity contribution in [2.45, 2.75) is 6.61 Å². The highest BCUT2D eigenvalue weighted by Gasteiger charge is 2.11. The topological polar surface area (TPSA) is 73.9 Å². The first-order valence-corrected chi connectivity index (χ1v) is 6.62. The summed E-state index contributed by atoms with van der Waals surface area (Å²) in [6, 6.07) is 3.56. The number of hydrogen-bond donors (Lipinski definition) is 1. The van der Waals surface area contributed by atoms with Crippen LogP contribution in [0.1, 0.15) is 5.69 Å². The van der Waals surface area contributed by atoms with Crippen molar-refractivity contribution >= 4 is 37.7 Å². The van der Waals surface area contributed by atoms with E-state index in [0.29, 0.717) is 23.9 Å². The Labute approximate surface area is 121 Å². The molecule has 0 fully saturated rings. The van der Waals surface area contributed by atoms with Crippen LogP contribution in [0.25, 0.3) is 11.5 Å². The predicted octanol–water partition coefficient (Wildman–Crippen LogP) is 2.79. The number of hydrogen-bond acceptors (Lipinski definition) is 5. The average molecular weight is 374 g/mol. The first-order chi connectivity index (χ1) is 8.60. The summed E-state index contributed by atoms with van der Waals surface area (Å²) in [6.07, 6.45) is 1.68. The summed E-state index contributed by atoms with van der Waals surface area (Å²) in [5, 5.41) is 0. The lowest BCUT2D eigenvalue weighted by Crippen LogP contribution is -2.02. The number of pyridine rings is 1. The van der Waals surface area contributed by atoms with Crippen molar-refractivity contribution in [2.24, 2.45) is 0 Å². The van der Waals surface area contributed by atoms with Gasteiger partial charge in [0.05, 0.1) is 12.3 Å². The van der Waals surface area contributed by atoms with Crippen LogP contribution in [0.5, 0.6) is 0 Å². The van der Waals surface area contributed by atoms with Gasteiger partial charge in [0.2, 0.25) is 0 Å². The monoisotopic (exact) mass is 372 g/mol. The molecule has 2 heterocycles. The Bertz CT molecular complexity index is 577. The molecule has 18 heavy (non-hydrogen) atoms. The minimum Gasteiger partial charge on any atom is -0.384 e. The molecule has 0 spiro atoms. The largest absolute Gasteiger partial charge is 0.384 e. The standard InChI is InChI=1S/C11H10Br2N4O/c1-18-5-7-3-9(14)17-11(16-7)10-8(13)2-6(12)4-15-10/h2-4H,5H2,1H3,(H2,14,16,17). The Morgan fingerprint density at radius 3 is 2.72 bits per heavy atom. The molecule has 2 aromatic heterocycles. The fraction of sp³-hybridized carbons (Fsp3) is 0.182. The van der Waals surface area contributed by atoms with Crippen molar-refractivity contribution in [2.75, 3.05) is 12.8 Å². The van der Waals surface area contributed by atoms with Crippen molar-refractivity contribution in [3.05, 3.63) is 33.0 Å². The number of anilines is 1. The van der Waals surface area contributed by atoms with E-state index in [-0.39, 0.29) is 0 Å². The van der Waals surface area contributed by atoms with Crippen LogP contribution in [-0.4, -0.2) is 22.1 Å². The maximum atomic E-state index is 5.75. The molecule has 0 amide bonds. The fourth-order valence-corrected chi connectivity index (χ4v) is 2.59. The molecule has 0 aliphatic heterocycles. The molecule has 94 valence electrons. The molecular formula is C11H10Br2N4O. The second-order valence-corrected chi connectivity index (χ2v) is 5.29. The van der Waals surface area contributed by atoms with Crippen molar-refractivity contribution in [3.63, 3.8) is 0 Å². The van der Waals surface area contributed by atoms with E-state index < -0.39 is 0 Å². The molecular weight excluding hydrogens is 364 g/mol. The van der Waals surface area contributed by atoms with E-state index in [4.69, 9.17) is 10.5 Å². The van der Waals surface area contributed by atoms with Gasteiger partial charge < -0.3 is 10.5 Å². The summed E-state index contributed by atoms with van der Waals surface area (Å²) >= 11 is 6.77. The predicted molar refractivity (Wildman–Crippen MR) is 75.8 cm³/mol. The lowest BCUT2D eigenvalue weighted by molar-refractivity contribution is 0.181. The number of halogens is 2. The van der Waals surface area contributed by atoms with Gasteiger partial charge in [0, 0.05) is 28.3 Å². The number of rotatable bonds is 3. The summed E-state index contributed by atoms with van der Waals surface area (Å²) in [5.41, 5.74) is 7.11. The van der Waals surface area contributed by atoms with Gasteiger partial charge in [-0.05, 0) is 37.9 Å². The van der Waals surface area contributed by atoms with E-state index in [0.717, 1.165) is 14.6 Å². The van der Waals surface area contributed by atoms with Crippen molar-refractivity contribution in [3.8, 4) is 11.5 Å². The van der Waals surface area contributed by atoms with Crippen LogP contribution in [0.3, 0.4) is 0 Å². The Hall–Kier alpha value is -1.05. The third-order valence-corrected chi connectivity index (χ3v) is 3.15. The first kappa shape index (κ1) is 13.4. The lowest BCUT2D eigenvalue weighted by Gasteiger charge is -2.06. The Morgan fingerprint density at radius 1 is 1.28 bits per heavy atom. The maximum absolute atomic E-state index is 5.75. The summed E-state index contributed by atoms with van der Waals surface area (Å²) in [5.74, 6) is 0.866. The zero-order valence-electron chi connectivity index (χ0n) is 9.52. The molecule has 0 atom stereocenters. The van der Waals surface area contributed by atoms with Gasteiger partial charge in [-0.25, -0.2) is 9.97 Å². The van der Waals surface area contributed by atoms with Crippen molar-refractivity contribution in [1.29, 1.82) is 0 Å². The number of nitrogens with zero attached hydrogens (tertiary/aromatic N) is 3. The third kappa shape index (κ3) is 3.04. The van der Waals surface area contributed by atoms with Gasteiger partial charge in [-0.1, -0.05) is 0 Å². The van der Waals surface area contributed by atoms with Gasteiger partial charge in [0.25, 0.3) is 0 Å². The zero-order valence-corrected chi connectivity index (χ0v) is 12.7. The minimum atomic E-state index is 0.383. The van der Waals surface area contributed by atoms with Gasteiger partial charge in [-0.15, -0.1) is 0 Å². The van der Waals surface area contributed by atoms with Crippen LogP contribution in [0.2, 0.25) is 0 Å². The van der Waals surface area contributed by atoms with Crippen LogP contribution in [0.4, 0.5) is 5.82 Å². The molecule has 0 radical (unpaired) electrons. The fourth-order valence-electron chi connectivity index (χ4n) is 1.43. The maximum Gasteiger partial charge on any atom is 0.181 e. The molecule has 7 heteroatoms. The molecule has 0 bridgehead atoms. The van der Waals surface area contributed by atoms with Crippen molar-refractivity contribution < 1.29 is 4.74 Å². The molecule has 0 aliphatic rings. The van der Waals surface area contributed by atoms with E-state index in [1.165, 1.54) is 0 Å². The Kier molecular flexibility index (Phi) is 4.26. The molecule has 0 saturated heterocycles. The molecule has 2 N–H and O–H groups in total. The molecule has 0 aliphatic carbocycles. The smallest absolute Gasteiger partial charge is 0.181 e. The second kappa shape index (κ2) is 5.73. The van der Waals surface area contributed by atoms with Crippen LogP contribution in [0, 0.1) is 0 Å². The van der Waals surface area contributed by atoms with E-state index >= 15 is 0 Å². The number of aromatic nitrogens is 3. The average Bonchev–Trinajstić information content (AvgIpc) is 2.28. The van der Waals surface area contributed by atoms with Gasteiger partial charge in [-0.2, -0.15) is 0 Å². The Morgan fingerprint density at radius 2 is 2.06 bits per heavy atom. The lowest BCUT2D eigenvalue weighted by atomic mass is 10.3. The molecule has 2 rings (SSSR count). The first-order valence-electron chi connectivity index (χ1n) is 5.04. The normalized spacial score (nSPS) is 10.6. The van der Waals surface area contributed by atoms with Gasteiger partial charge in [0.1, 0.15) is 11.5 Å². The SMILES string of the molecule is COCc1cc(N)nc(-c2ncc(Br)cc2Br)n1. The van der Waals surface area contributed by atoms with Crippen LogP contribution < -0.4 is 5.73 Å². The Balaban J connectivity index is 2.49.